The number of benzene rings is 2. The van der Waals surface area contributed by atoms with Crippen LogP contribution in [0.2, 0.25) is 5.02 Å². The number of rotatable bonds is 5. The van der Waals surface area contributed by atoms with Gasteiger partial charge in [-0.2, -0.15) is 0 Å². The summed E-state index contributed by atoms with van der Waals surface area (Å²) >= 11 is 7.44. The summed E-state index contributed by atoms with van der Waals surface area (Å²) in [6.07, 6.45) is 0.867. The van der Waals surface area contributed by atoms with E-state index in [0.29, 0.717) is 34.2 Å². The molecule has 0 spiro atoms. The third kappa shape index (κ3) is 3.98. The highest BCUT2D eigenvalue weighted by atomic mass is 35.5. The average Bonchev–Trinajstić information content (AvgIpc) is 3.14. The van der Waals surface area contributed by atoms with E-state index in [2.05, 4.69) is 19.9 Å². The van der Waals surface area contributed by atoms with Crippen molar-refractivity contribution in [3.63, 3.8) is 0 Å². The van der Waals surface area contributed by atoms with E-state index in [9.17, 15) is 9.59 Å². The van der Waals surface area contributed by atoms with E-state index in [4.69, 9.17) is 16.6 Å². The Balaban J connectivity index is 1.68. The molecule has 1 atom stereocenters. The van der Waals surface area contributed by atoms with Gasteiger partial charge >= 0.3 is 0 Å². The van der Waals surface area contributed by atoms with E-state index in [-0.39, 0.29) is 22.6 Å². The van der Waals surface area contributed by atoms with E-state index < -0.39 is 0 Å². The molecule has 1 aliphatic heterocycles. The van der Waals surface area contributed by atoms with E-state index in [1.165, 1.54) is 17.3 Å². The lowest BCUT2D eigenvalue weighted by Crippen LogP contribution is -2.36. The Hall–Kier alpha value is -2.31. The van der Waals surface area contributed by atoms with Gasteiger partial charge in [-0.3, -0.25) is 14.2 Å². The number of aromatic nitrogens is 2. The zero-order valence-corrected chi connectivity index (χ0v) is 18.8. The molecule has 4 rings (SSSR count). The molecule has 0 radical (unpaired) electrons. The first-order valence-corrected chi connectivity index (χ1v) is 11.4. The first kappa shape index (κ1) is 20.9. The van der Waals surface area contributed by atoms with Gasteiger partial charge in [-0.1, -0.05) is 55.4 Å². The van der Waals surface area contributed by atoms with Crippen molar-refractivity contribution >= 4 is 45.9 Å². The Kier molecular flexibility index (Phi) is 5.89. The summed E-state index contributed by atoms with van der Waals surface area (Å²) in [5.41, 5.74) is 2.65. The molecular weight excluding hydrogens is 418 g/mol. The molecule has 30 heavy (non-hydrogen) atoms. The Bertz CT molecular complexity index is 1170. The molecule has 1 amide bonds. The van der Waals surface area contributed by atoms with Crippen LogP contribution in [0.1, 0.15) is 26.3 Å². The molecule has 1 aromatic heterocycles. The molecular formula is C23H24ClN3O2S. The van der Waals surface area contributed by atoms with Crippen LogP contribution >= 0.6 is 23.4 Å². The molecule has 0 bridgehead atoms. The van der Waals surface area contributed by atoms with Gasteiger partial charge in [-0.05, 0) is 49.1 Å². The Morgan fingerprint density at radius 1 is 1.20 bits per heavy atom. The standard InChI is InChI=1S/C23H24ClN3O2S/c1-14(2)13-27-22(29)18-12-17(24)8-9-19(18)25-23(27)30-15(3)21(28)26-11-10-16-6-4-5-7-20(16)26/h4-9,12,14-15H,10-11,13H2,1-3H3/t15-/m1/s1. The topological polar surface area (TPSA) is 55.2 Å². The van der Waals surface area contributed by atoms with Crippen LogP contribution in [0.4, 0.5) is 5.69 Å². The quantitative estimate of drug-likeness (QED) is 0.422. The monoisotopic (exact) mass is 441 g/mol. The van der Waals surface area contributed by atoms with Crippen LogP contribution in [0.3, 0.4) is 0 Å². The van der Waals surface area contributed by atoms with Crippen LogP contribution in [0.5, 0.6) is 0 Å². The van der Waals surface area contributed by atoms with Crippen molar-refractivity contribution in [2.45, 2.75) is 44.1 Å². The highest BCUT2D eigenvalue weighted by Gasteiger charge is 2.29. The fourth-order valence-corrected chi connectivity index (χ4v) is 4.94. The molecule has 0 saturated heterocycles. The molecule has 0 fully saturated rings. The molecule has 0 saturated carbocycles. The second-order valence-corrected chi connectivity index (χ2v) is 9.74. The largest absolute Gasteiger partial charge is 0.311 e. The zero-order valence-electron chi connectivity index (χ0n) is 17.3. The minimum atomic E-state index is -0.369. The third-order valence-electron chi connectivity index (χ3n) is 5.21. The normalized spacial score (nSPS) is 14.4. The second-order valence-electron chi connectivity index (χ2n) is 7.99. The molecule has 7 heteroatoms. The molecule has 5 nitrogen and oxygen atoms in total. The summed E-state index contributed by atoms with van der Waals surface area (Å²) in [6, 6.07) is 13.2. The zero-order chi connectivity index (χ0) is 21.4. The lowest BCUT2D eigenvalue weighted by Gasteiger charge is -2.22. The third-order valence-corrected chi connectivity index (χ3v) is 6.52. The van der Waals surface area contributed by atoms with Crippen molar-refractivity contribution in [3.8, 4) is 0 Å². The van der Waals surface area contributed by atoms with Crippen LogP contribution in [0.25, 0.3) is 10.9 Å². The molecule has 0 aliphatic carbocycles. The van der Waals surface area contributed by atoms with Crippen molar-refractivity contribution < 1.29 is 4.79 Å². The van der Waals surface area contributed by atoms with Gasteiger partial charge in [-0.25, -0.2) is 4.98 Å². The van der Waals surface area contributed by atoms with E-state index in [1.807, 2.05) is 30.0 Å². The number of hydrogen-bond donors (Lipinski definition) is 0. The number of amides is 1. The van der Waals surface area contributed by atoms with Gasteiger partial charge in [0.05, 0.1) is 16.2 Å². The number of nitrogens with zero attached hydrogens (tertiary/aromatic N) is 3. The summed E-state index contributed by atoms with van der Waals surface area (Å²) < 4.78 is 1.68. The van der Waals surface area contributed by atoms with Crippen LogP contribution in [0.15, 0.2) is 52.4 Å². The maximum absolute atomic E-state index is 13.2. The number of carbonyl (C=O) groups is 1. The lowest BCUT2D eigenvalue weighted by molar-refractivity contribution is -0.117. The maximum Gasteiger partial charge on any atom is 0.262 e. The van der Waals surface area contributed by atoms with Gasteiger partial charge in [0.2, 0.25) is 5.91 Å². The summed E-state index contributed by atoms with van der Waals surface area (Å²) in [4.78, 5) is 32.9. The number of fused-ring (bicyclic) bond motifs is 2. The number of halogens is 1. The van der Waals surface area contributed by atoms with Gasteiger partial charge in [0.25, 0.3) is 5.56 Å². The predicted molar refractivity (Wildman–Crippen MR) is 124 cm³/mol. The van der Waals surface area contributed by atoms with E-state index >= 15 is 0 Å². The number of thioether (sulfide) groups is 1. The Labute approximate surface area is 185 Å². The predicted octanol–water partition coefficient (Wildman–Crippen LogP) is 4.78. The fraction of sp³-hybridized carbons (Fsp3) is 0.348. The molecule has 1 aliphatic rings. The molecule has 2 heterocycles. The Morgan fingerprint density at radius 2 is 1.97 bits per heavy atom. The van der Waals surface area contributed by atoms with Gasteiger partial charge in [0, 0.05) is 23.8 Å². The van der Waals surface area contributed by atoms with Gasteiger partial charge in [0.1, 0.15) is 0 Å². The molecule has 0 unspecified atom stereocenters. The smallest absolute Gasteiger partial charge is 0.262 e. The Morgan fingerprint density at radius 3 is 2.73 bits per heavy atom. The fourth-order valence-electron chi connectivity index (χ4n) is 3.78. The first-order chi connectivity index (χ1) is 14.3. The minimum Gasteiger partial charge on any atom is -0.311 e. The second kappa shape index (κ2) is 8.44. The molecule has 3 aromatic rings. The summed E-state index contributed by atoms with van der Waals surface area (Å²) in [5.74, 6) is 0.295. The summed E-state index contributed by atoms with van der Waals surface area (Å²) in [6.45, 7) is 7.21. The van der Waals surface area contributed by atoms with Crippen molar-refractivity contribution in [3.05, 3.63) is 63.4 Å². The SMILES string of the molecule is CC(C)Cn1c(S[C@H](C)C(=O)N2CCc3ccccc32)nc2ccc(Cl)cc2c1=O. The van der Waals surface area contributed by atoms with Crippen LogP contribution in [-0.2, 0) is 17.8 Å². The number of carbonyl (C=O) groups excluding carboxylic acids is 1. The highest BCUT2D eigenvalue weighted by molar-refractivity contribution is 8.00. The van der Waals surface area contributed by atoms with Gasteiger partial charge in [0.15, 0.2) is 5.16 Å². The minimum absolute atomic E-state index is 0.0338. The molecule has 2 aromatic carbocycles. The summed E-state index contributed by atoms with van der Waals surface area (Å²) in [5, 5.41) is 1.21. The highest BCUT2D eigenvalue weighted by Crippen LogP contribution is 2.31. The van der Waals surface area contributed by atoms with Crippen LogP contribution < -0.4 is 10.5 Å². The van der Waals surface area contributed by atoms with Crippen molar-refractivity contribution in [1.82, 2.24) is 9.55 Å². The average molecular weight is 442 g/mol. The van der Waals surface area contributed by atoms with Crippen LogP contribution in [0, 0.1) is 5.92 Å². The number of para-hydroxylation sites is 1. The van der Waals surface area contributed by atoms with E-state index in [0.717, 1.165) is 12.1 Å². The van der Waals surface area contributed by atoms with E-state index in [1.54, 1.807) is 22.8 Å². The van der Waals surface area contributed by atoms with Crippen LogP contribution in [-0.4, -0.2) is 27.3 Å². The maximum atomic E-state index is 13.2. The van der Waals surface area contributed by atoms with Gasteiger partial charge < -0.3 is 4.90 Å². The number of hydrogen-bond acceptors (Lipinski definition) is 4. The molecule has 0 N–H and O–H groups in total. The number of anilines is 1. The first-order valence-electron chi connectivity index (χ1n) is 10.1. The molecule has 156 valence electrons. The summed E-state index contributed by atoms with van der Waals surface area (Å²) in [7, 11) is 0. The van der Waals surface area contributed by atoms with Crippen molar-refractivity contribution in [1.29, 1.82) is 0 Å². The van der Waals surface area contributed by atoms with Crippen molar-refractivity contribution in [2.75, 3.05) is 11.4 Å². The lowest BCUT2D eigenvalue weighted by atomic mass is 10.2. The van der Waals surface area contributed by atoms with Crippen molar-refractivity contribution in [2.24, 2.45) is 5.92 Å². The van der Waals surface area contributed by atoms with Gasteiger partial charge in [-0.15, -0.1) is 0 Å².